The quantitative estimate of drug-likeness (QED) is 0.556. The van der Waals surface area contributed by atoms with E-state index in [1.54, 1.807) is 18.3 Å². The van der Waals surface area contributed by atoms with Crippen LogP contribution in [-0.2, 0) is 0 Å². The van der Waals surface area contributed by atoms with E-state index < -0.39 is 0 Å². The van der Waals surface area contributed by atoms with E-state index in [0.717, 1.165) is 54.8 Å². The Morgan fingerprint density at radius 2 is 2.11 bits per heavy atom. The van der Waals surface area contributed by atoms with Gasteiger partial charge >= 0.3 is 0 Å². The van der Waals surface area contributed by atoms with Gasteiger partial charge in [-0.3, -0.25) is 14.1 Å². The number of hydrogen-bond acceptors (Lipinski definition) is 5. The second-order valence-electron chi connectivity index (χ2n) is 6.81. The zero-order valence-corrected chi connectivity index (χ0v) is 15.4. The third kappa shape index (κ3) is 3.13. The minimum Gasteiger partial charge on any atom is -0.382 e. The van der Waals surface area contributed by atoms with Crippen molar-refractivity contribution in [3.8, 4) is 11.3 Å². The molecule has 138 valence electrons. The standard InChI is InChI=1S/C21H23N5O/c1-2-3-11-25-12-4-5-17(25)21-24-18(16-8-6-15(14-27)7-9-16)19-20(22)23-10-13-26(19)21/h2-3,6-10,13-14,17H,4-5,11-12H2,1H3,(H2,22,23)/b3-2+/t17-/m0/s1. The molecule has 3 aromatic rings. The Morgan fingerprint density at radius 1 is 1.30 bits per heavy atom. The summed E-state index contributed by atoms with van der Waals surface area (Å²) >= 11 is 0. The molecule has 6 heteroatoms. The summed E-state index contributed by atoms with van der Waals surface area (Å²) in [6, 6.07) is 7.67. The molecular formula is C21H23N5O. The van der Waals surface area contributed by atoms with Crippen LogP contribution in [0.3, 0.4) is 0 Å². The number of aldehydes is 1. The maximum Gasteiger partial charge on any atom is 0.150 e. The summed E-state index contributed by atoms with van der Waals surface area (Å²) in [6.07, 6.45) is 11.0. The molecular weight excluding hydrogens is 338 g/mol. The van der Waals surface area contributed by atoms with Crippen LogP contribution in [0, 0.1) is 0 Å². The predicted molar refractivity (Wildman–Crippen MR) is 107 cm³/mol. The highest BCUT2D eigenvalue weighted by Crippen LogP contribution is 2.36. The van der Waals surface area contributed by atoms with Crippen molar-refractivity contribution in [1.29, 1.82) is 0 Å². The monoisotopic (exact) mass is 361 g/mol. The van der Waals surface area contributed by atoms with Gasteiger partial charge in [-0.1, -0.05) is 36.4 Å². The average Bonchev–Trinajstić information content (AvgIpc) is 3.31. The molecule has 0 spiro atoms. The molecule has 0 amide bonds. The number of nitrogens with zero attached hydrogens (tertiary/aromatic N) is 4. The molecule has 0 aliphatic carbocycles. The molecule has 27 heavy (non-hydrogen) atoms. The number of carbonyl (C=O) groups excluding carboxylic acids is 1. The Labute approximate surface area is 158 Å². The molecule has 2 aromatic heterocycles. The van der Waals surface area contributed by atoms with Crippen molar-refractivity contribution in [3.05, 3.63) is 60.2 Å². The Morgan fingerprint density at radius 3 is 2.85 bits per heavy atom. The van der Waals surface area contributed by atoms with Gasteiger partial charge in [-0.25, -0.2) is 9.97 Å². The molecule has 1 fully saturated rings. The van der Waals surface area contributed by atoms with Gasteiger partial charge in [0.05, 0.1) is 6.04 Å². The molecule has 0 bridgehead atoms. The Hall–Kier alpha value is -2.99. The average molecular weight is 361 g/mol. The molecule has 3 heterocycles. The number of nitrogens with two attached hydrogens (primary N) is 1. The van der Waals surface area contributed by atoms with E-state index in [0.29, 0.717) is 11.4 Å². The minimum absolute atomic E-state index is 0.249. The number of rotatable bonds is 5. The lowest BCUT2D eigenvalue weighted by Gasteiger charge is -2.22. The Balaban J connectivity index is 1.84. The summed E-state index contributed by atoms with van der Waals surface area (Å²) < 4.78 is 2.07. The SMILES string of the molecule is C/C=C/CN1CCC[C@H]1c1nc(-c2ccc(C=O)cc2)c2c(N)nccn12. The first-order chi connectivity index (χ1) is 13.2. The lowest BCUT2D eigenvalue weighted by molar-refractivity contribution is 0.112. The molecule has 1 atom stereocenters. The van der Waals surface area contributed by atoms with Gasteiger partial charge in [0, 0.05) is 30.1 Å². The van der Waals surface area contributed by atoms with Crippen molar-refractivity contribution in [2.75, 3.05) is 18.8 Å². The molecule has 1 aliphatic rings. The van der Waals surface area contributed by atoms with E-state index in [1.807, 2.05) is 25.3 Å². The van der Waals surface area contributed by atoms with Crippen LogP contribution in [0.1, 0.15) is 42.0 Å². The molecule has 1 aromatic carbocycles. The first-order valence-corrected chi connectivity index (χ1v) is 9.26. The van der Waals surface area contributed by atoms with Gasteiger partial charge in [-0.05, 0) is 26.3 Å². The lowest BCUT2D eigenvalue weighted by Crippen LogP contribution is -2.24. The van der Waals surface area contributed by atoms with Crippen molar-refractivity contribution in [2.45, 2.75) is 25.8 Å². The van der Waals surface area contributed by atoms with E-state index in [9.17, 15) is 4.79 Å². The van der Waals surface area contributed by atoms with Crippen LogP contribution < -0.4 is 5.73 Å². The summed E-state index contributed by atoms with van der Waals surface area (Å²) in [5.41, 5.74) is 9.43. The van der Waals surface area contributed by atoms with Crippen LogP contribution in [0.15, 0.2) is 48.8 Å². The molecule has 1 aliphatic heterocycles. The number of allylic oxidation sites excluding steroid dienone is 1. The fraction of sp³-hybridized carbons (Fsp3) is 0.286. The Bertz CT molecular complexity index is 990. The number of anilines is 1. The van der Waals surface area contributed by atoms with E-state index in [-0.39, 0.29) is 6.04 Å². The van der Waals surface area contributed by atoms with Gasteiger partial charge in [0.1, 0.15) is 29.1 Å². The van der Waals surface area contributed by atoms with Gasteiger partial charge in [0.25, 0.3) is 0 Å². The van der Waals surface area contributed by atoms with Crippen molar-refractivity contribution < 1.29 is 4.79 Å². The largest absolute Gasteiger partial charge is 0.382 e. The number of benzene rings is 1. The number of hydrogen-bond donors (Lipinski definition) is 1. The highest BCUT2D eigenvalue weighted by Gasteiger charge is 2.30. The van der Waals surface area contributed by atoms with Gasteiger partial charge < -0.3 is 5.73 Å². The van der Waals surface area contributed by atoms with E-state index in [2.05, 4.69) is 26.4 Å². The summed E-state index contributed by atoms with van der Waals surface area (Å²) in [5.74, 6) is 1.46. The van der Waals surface area contributed by atoms with Crippen molar-refractivity contribution in [1.82, 2.24) is 19.3 Å². The number of likely N-dealkylation sites (tertiary alicyclic amines) is 1. The maximum atomic E-state index is 11.0. The third-order valence-electron chi connectivity index (χ3n) is 5.17. The first kappa shape index (κ1) is 17.4. The molecule has 0 radical (unpaired) electrons. The molecule has 0 saturated carbocycles. The smallest absolute Gasteiger partial charge is 0.150 e. The fourth-order valence-corrected chi connectivity index (χ4v) is 3.82. The zero-order valence-electron chi connectivity index (χ0n) is 15.4. The predicted octanol–water partition coefficient (Wildman–Crippen LogP) is 3.50. The first-order valence-electron chi connectivity index (χ1n) is 9.26. The second-order valence-corrected chi connectivity index (χ2v) is 6.81. The fourth-order valence-electron chi connectivity index (χ4n) is 3.82. The number of nitrogen functional groups attached to an aromatic ring is 1. The van der Waals surface area contributed by atoms with Crippen LogP contribution in [0.4, 0.5) is 5.82 Å². The van der Waals surface area contributed by atoms with Crippen LogP contribution in [-0.4, -0.2) is 38.6 Å². The van der Waals surface area contributed by atoms with Gasteiger partial charge in [-0.2, -0.15) is 0 Å². The molecule has 6 nitrogen and oxygen atoms in total. The minimum atomic E-state index is 0.249. The van der Waals surface area contributed by atoms with Crippen molar-refractivity contribution in [3.63, 3.8) is 0 Å². The van der Waals surface area contributed by atoms with Gasteiger partial charge in [-0.15, -0.1) is 0 Å². The summed E-state index contributed by atoms with van der Waals surface area (Å²) in [7, 11) is 0. The van der Waals surface area contributed by atoms with Crippen molar-refractivity contribution in [2.24, 2.45) is 0 Å². The molecule has 4 rings (SSSR count). The van der Waals surface area contributed by atoms with Crippen LogP contribution >= 0.6 is 0 Å². The zero-order chi connectivity index (χ0) is 18.8. The molecule has 0 unspecified atom stereocenters. The number of fused-ring (bicyclic) bond motifs is 1. The maximum absolute atomic E-state index is 11.0. The summed E-state index contributed by atoms with van der Waals surface area (Å²) in [4.78, 5) is 22.7. The van der Waals surface area contributed by atoms with Crippen molar-refractivity contribution >= 4 is 17.6 Å². The number of carbonyl (C=O) groups is 1. The number of imidazole rings is 1. The highest BCUT2D eigenvalue weighted by atomic mass is 16.1. The normalized spacial score (nSPS) is 17.9. The highest BCUT2D eigenvalue weighted by molar-refractivity contribution is 5.86. The molecule has 2 N–H and O–H groups in total. The topological polar surface area (TPSA) is 76.5 Å². The van der Waals surface area contributed by atoms with Gasteiger partial charge in [0.15, 0.2) is 0 Å². The summed E-state index contributed by atoms with van der Waals surface area (Å²) in [6.45, 7) is 4.03. The van der Waals surface area contributed by atoms with Crippen LogP contribution in [0.2, 0.25) is 0 Å². The lowest BCUT2D eigenvalue weighted by atomic mass is 10.1. The number of aromatic nitrogens is 3. The molecule has 1 saturated heterocycles. The third-order valence-corrected chi connectivity index (χ3v) is 5.17. The van der Waals surface area contributed by atoms with Gasteiger partial charge in [0.2, 0.25) is 0 Å². The van der Waals surface area contributed by atoms with Crippen LogP contribution in [0.25, 0.3) is 16.8 Å². The summed E-state index contributed by atoms with van der Waals surface area (Å²) in [5, 5.41) is 0. The van der Waals surface area contributed by atoms with E-state index in [1.165, 1.54) is 0 Å². The Kier molecular flexibility index (Phi) is 4.73. The van der Waals surface area contributed by atoms with Crippen LogP contribution in [0.5, 0.6) is 0 Å². The van der Waals surface area contributed by atoms with E-state index >= 15 is 0 Å². The second kappa shape index (κ2) is 7.32. The van der Waals surface area contributed by atoms with E-state index in [4.69, 9.17) is 10.7 Å².